The Morgan fingerprint density at radius 3 is 2.60 bits per heavy atom. The molecule has 1 heterocycles. The molecule has 0 aliphatic rings. The predicted octanol–water partition coefficient (Wildman–Crippen LogP) is 3.81. The lowest BCUT2D eigenvalue weighted by Gasteiger charge is -2.08. The number of rotatable bonds is 4. The number of benzene rings is 1. The molecule has 0 aliphatic carbocycles. The van der Waals surface area contributed by atoms with Crippen molar-refractivity contribution in [2.75, 3.05) is 5.32 Å². The number of anilines is 1. The van der Waals surface area contributed by atoms with Gasteiger partial charge in [-0.25, -0.2) is 8.78 Å². The SMILES string of the molecule is Cc1sc(CNc2cc(C(N)=O)c(F)cc2F)cc1Br. The maximum Gasteiger partial charge on any atom is 0.251 e. The van der Waals surface area contributed by atoms with Crippen LogP contribution in [0.1, 0.15) is 20.1 Å². The van der Waals surface area contributed by atoms with Gasteiger partial charge in [0.1, 0.15) is 11.6 Å². The van der Waals surface area contributed by atoms with Crippen LogP contribution in [0.25, 0.3) is 0 Å². The lowest BCUT2D eigenvalue weighted by Crippen LogP contribution is -2.14. The summed E-state index contributed by atoms with van der Waals surface area (Å²) in [6.45, 7) is 2.33. The zero-order valence-corrected chi connectivity index (χ0v) is 12.9. The maximum atomic E-state index is 13.6. The smallest absolute Gasteiger partial charge is 0.251 e. The zero-order chi connectivity index (χ0) is 14.9. The van der Waals surface area contributed by atoms with Gasteiger partial charge in [-0.2, -0.15) is 0 Å². The Morgan fingerprint density at radius 2 is 2.05 bits per heavy atom. The highest BCUT2D eigenvalue weighted by atomic mass is 79.9. The van der Waals surface area contributed by atoms with E-state index in [2.05, 4.69) is 21.2 Å². The molecule has 0 saturated carbocycles. The van der Waals surface area contributed by atoms with Gasteiger partial charge in [-0.1, -0.05) is 0 Å². The molecule has 0 radical (unpaired) electrons. The van der Waals surface area contributed by atoms with Crippen molar-refractivity contribution >= 4 is 38.9 Å². The van der Waals surface area contributed by atoms with Gasteiger partial charge in [0.05, 0.1) is 11.3 Å². The van der Waals surface area contributed by atoms with E-state index in [0.717, 1.165) is 20.3 Å². The van der Waals surface area contributed by atoms with Gasteiger partial charge in [-0.05, 0) is 35.0 Å². The van der Waals surface area contributed by atoms with Crippen molar-refractivity contribution < 1.29 is 13.6 Å². The Balaban J connectivity index is 2.21. The van der Waals surface area contributed by atoms with Gasteiger partial charge in [-0.15, -0.1) is 11.3 Å². The molecule has 2 rings (SSSR count). The number of nitrogens with two attached hydrogens (primary N) is 1. The first-order valence-corrected chi connectivity index (χ1v) is 7.27. The van der Waals surface area contributed by atoms with Gasteiger partial charge in [0.25, 0.3) is 5.91 Å². The third-order valence-corrected chi connectivity index (χ3v) is 4.82. The number of aryl methyl sites for hydroxylation is 1. The molecule has 0 fully saturated rings. The molecule has 1 amide bonds. The molecule has 0 spiro atoms. The normalized spacial score (nSPS) is 10.6. The monoisotopic (exact) mass is 360 g/mol. The summed E-state index contributed by atoms with van der Waals surface area (Å²) in [5, 5.41) is 2.83. The molecular formula is C13H11BrF2N2OS. The first kappa shape index (κ1) is 14.9. The minimum Gasteiger partial charge on any atom is -0.378 e. The molecule has 3 N–H and O–H groups in total. The van der Waals surface area contributed by atoms with Crippen molar-refractivity contribution in [2.24, 2.45) is 5.73 Å². The summed E-state index contributed by atoms with van der Waals surface area (Å²) in [7, 11) is 0. The highest BCUT2D eigenvalue weighted by Gasteiger charge is 2.14. The van der Waals surface area contributed by atoms with E-state index in [1.54, 1.807) is 11.3 Å². The zero-order valence-electron chi connectivity index (χ0n) is 10.5. The number of primary amides is 1. The van der Waals surface area contributed by atoms with E-state index in [4.69, 9.17) is 5.73 Å². The van der Waals surface area contributed by atoms with E-state index >= 15 is 0 Å². The lowest BCUT2D eigenvalue weighted by molar-refractivity contribution is 0.0996. The van der Waals surface area contributed by atoms with E-state index < -0.39 is 17.5 Å². The molecule has 1 aromatic carbocycles. The first-order valence-electron chi connectivity index (χ1n) is 5.66. The van der Waals surface area contributed by atoms with Crippen molar-refractivity contribution in [1.82, 2.24) is 0 Å². The van der Waals surface area contributed by atoms with Crippen molar-refractivity contribution in [2.45, 2.75) is 13.5 Å². The fourth-order valence-electron chi connectivity index (χ4n) is 1.66. The second kappa shape index (κ2) is 5.88. The fourth-order valence-corrected chi connectivity index (χ4v) is 3.20. The summed E-state index contributed by atoms with van der Waals surface area (Å²) in [6, 6.07) is 3.66. The van der Waals surface area contributed by atoms with Crippen molar-refractivity contribution in [3.05, 3.63) is 49.6 Å². The van der Waals surface area contributed by atoms with Gasteiger partial charge in [-0.3, -0.25) is 4.79 Å². The summed E-state index contributed by atoms with van der Waals surface area (Å²) in [5.74, 6) is -2.66. The number of carbonyl (C=O) groups excluding carboxylic acids is 1. The van der Waals surface area contributed by atoms with E-state index in [9.17, 15) is 13.6 Å². The molecule has 20 heavy (non-hydrogen) atoms. The van der Waals surface area contributed by atoms with Crippen molar-refractivity contribution in [3.8, 4) is 0 Å². The third kappa shape index (κ3) is 3.16. The minimum atomic E-state index is -0.963. The van der Waals surface area contributed by atoms with E-state index in [0.29, 0.717) is 12.6 Å². The number of carbonyl (C=O) groups is 1. The molecule has 0 unspecified atom stereocenters. The minimum absolute atomic E-state index is 0.0439. The largest absolute Gasteiger partial charge is 0.378 e. The second-order valence-corrected chi connectivity index (χ2v) is 6.34. The van der Waals surface area contributed by atoms with Crippen LogP contribution in [-0.4, -0.2) is 5.91 Å². The molecule has 106 valence electrons. The summed E-state index contributed by atoms with van der Waals surface area (Å²) < 4.78 is 27.9. The molecule has 3 nitrogen and oxygen atoms in total. The van der Waals surface area contributed by atoms with Crippen molar-refractivity contribution in [1.29, 1.82) is 0 Å². The van der Waals surface area contributed by atoms with Gasteiger partial charge in [0, 0.05) is 26.8 Å². The van der Waals surface area contributed by atoms with Crippen LogP contribution in [0.3, 0.4) is 0 Å². The summed E-state index contributed by atoms with van der Waals surface area (Å²) in [6.07, 6.45) is 0. The Bertz CT molecular complexity index is 653. The quantitative estimate of drug-likeness (QED) is 0.870. The van der Waals surface area contributed by atoms with Gasteiger partial charge in [0.2, 0.25) is 0 Å². The Morgan fingerprint density at radius 1 is 1.35 bits per heavy atom. The van der Waals surface area contributed by atoms with Crippen LogP contribution >= 0.6 is 27.3 Å². The highest BCUT2D eigenvalue weighted by molar-refractivity contribution is 9.10. The molecule has 0 aliphatic heterocycles. The number of nitrogens with one attached hydrogen (secondary N) is 1. The van der Waals surface area contributed by atoms with Crippen LogP contribution in [0.5, 0.6) is 0 Å². The molecule has 1 aromatic heterocycles. The number of amides is 1. The van der Waals surface area contributed by atoms with E-state index in [1.807, 2.05) is 13.0 Å². The Labute approximate surface area is 126 Å². The molecular weight excluding hydrogens is 350 g/mol. The second-order valence-electron chi connectivity index (χ2n) is 4.15. The Hall–Kier alpha value is -1.47. The standard InChI is InChI=1S/C13H11BrF2N2OS/c1-6-9(14)2-7(20-6)5-18-12-3-8(13(17)19)10(15)4-11(12)16/h2-4,18H,5H2,1H3,(H2,17,19). The van der Waals surface area contributed by atoms with Crippen LogP contribution in [-0.2, 0) is 6.54 Å². The van der Waals surface area contributed by atoms with Gasteiger partial charge < -0.3 is 11.1 Å². The lowest BCUT2D eigenvalue weighted by atomic mass is 10.1. The fraction of sp³-hybridized carbons (Fsp3) is 0.154. The molecule has 7 heteroatoms. The highest BCUT2D eigenvalue weighted by Crippen LogP contribution is 2.27. The molecule has 0 bridgehead atoms. The van der Waals surface area contributed by atoms with Crippen molar-refractivity contribution in [3.63, 3.8) is 0 Å². The van der Waals surface area contributed by atoms with Crippen LogP contribution in [0.4, 0.5) is 14.5 Å². The molecule has 0 saturated heterocycles. The predicted molar refractivity (Wildman–Crippen MR) is 79.0 cm³/mol. The summed E-state index contributed by atoms with van der Waals surface area (Å²) in [4.78, 5) is 13.1. The van der Waals surface area contributed by atoms with Crippen LogP contribution in [0.2, 0.25) is 0 Å². The third-order valence-electron chi connectivity index (χ3n) is 2.68. The average Bonchev–Trinajstić information content (AvgIpc) is 2.67. The number of halogens is 3. The topological polar surface area (TPSA) is 55.1 Å². The maximum absolute atomic E-state index is 13.6. The molecule has 0 atom stereocenters. The molecule has 2 aromatic rings. The van der Waals surface area contributed by atoms with Crippen LogP contribution in [0.15, 0.2) is 22.7 Å². The number of thiophene rings is 1. The first-order chi connectivity index (χ1) is 9.38. The summed E-state index contributed by atoms with van der Waals surface area (Å²) >= 11 is 4.95. The Kier molecular flexibility index (Phi) is 4.39. The average molecular weight is 361 g/mol. The van der Waals surface area contributed by atoms with E-state index in [1.165, 1.54) is 0 Å². The van der Waals surface area contributed by atoms with Gasteiger partial charge in [0.15, 0.2) is 0 Å². The number of hydrogen-bond acceptors (Lipinski definition) is 3. The number of hydrogen-bond donors (Lipinski definition) is 2. The van der Waals surface area contributed by atoms with Gasteiger partial charge >= 0.3 is 0 Å². The van der Waals surface area contributed by atoms with Crippen LogP contribution < -0.4 is 11.1 Å². The summed E-state index contributed by atoms with van der Waals surface area (Å²) in [5.41, 5.74) is 4.74. The van der Waals surface area contributed by atoms with E-state index in [-0.39, 0.29) is 11.3 Å². The van der Waals surface area contributed by atoms with Crippen LogP contribution in [0, 0.1) is 18.6 Å².